The van der Waals surface area contributed by atoms with E-state index in [-0.39, 0.29) is 23.2 Å². The number of carbonyl (C=O) groups is 2. The Morgan fingerprint density at radius 3 is 2.72 bits per heavy atom. The number of nitrogens with zero attached hydrogens (tertiary/aromatic N) is 2. The molecule has 0 fully saturated rings. The average molecular weight is 488 g/mol. The van der Waals surface area contributed by atoms with Crippen LogP contribution in [0.1, 0.15) is 58.9 Å². The summed E-state index contributed by atoms with van der Waals surface area (Å²) in [5, 5.41) is 3.05. The van der Waals surface area contributed by atoms with E-state index in [1.165, 1.54) is 18.3 Å². The molecule has 2 aromatic heterocycles. The highest BCUT2D eigenvalue weighted by Crippen LogP contribution is 2.41. The third-order valence-electron chi connectivity index (χ3n) is 5.13. The summed E-state index contributed by atoms with van der Waals surface area (Å²) in [6.07, 6.45) is -0.972. The number of esters is 1. The predicted molar refractivity (Wildman–Crippen MR) is 117 cm³/mol. The summed E-state index contributed by atoms with van der Waals surface area (Å²) in [7, 11) is 0. The van der Waals surface area contributed by atoms with E-state index in [0.717, 1.165) is 54.0 Å². The maximum atomic E-state index is 13.0. The van der Waals surface area contributed by atoms with Crippen molar-refractivity contribution >= 4 is 40.0 Å². The quantitative estimate of drug-likeness (QED) is 0.325. The number of thiophene rings is 1. The van der Waals surface area contributed by atoms with Crippen molar-refractivity contribution in [1.82, 2.24) is 9.97 Å². The molecule has 0 bridgehead atoms. The summed E-state index contributed by atoms with van der Waals surface area (Å²) in [6.45, 7) is 5.51. The summed E-state index contributed by atoms with van der Waals surface area (Å²) in [4.78, 5) is 33.7. The zero-order valence-corrected chi connectivity index (χ0v) is 19.6. The monoisotopic (exact) mass is 487 g/mol. The van der Waals surface area contributed by atoms with Gasteiger partial charge in [0.05, 0.1) is 17.9 Å². The standard InChI is InChI=1S/C21H24F3N3O3S2/c1-4-12-6-7-13-14(9-12)32-18(17(13)19(29)30-5-2)27-16(28)10-31-20-25-11(3)8-15(26-20)21(22,23)24/h8,12H,4-7,9-10H2,1-3H3,(H,27,28)/t12-/m0/s1. The number of hydrogen-bond donors (Lipinski definition) is 1. The van der Waals surface area contributed by atoms with Crippen LogP contribution < -0.4 is 5.32 Å². The Kier molecular flexibility index (Phi) is 7.81. The molecule has 0 unspecified atom stereocenters. The average Bonchev–Trinajstić information content (AvgIpc) is 3.08. The van der Waals surface area contributed by atoms with E-state index in [2.05, 4.69) is 22.2 Å². The van der Waals surface area contributed by atoms with Crippen LogP contribution in [0.4, 0.5) is 18.2 Å². The van der Waals surface area contributed by atoms with E-state index < -0.39 is 23.7 Å². The minimum atomic E-state index is -4.59. The number of carbonyl (C=O) groups excluding carboxylic acids is 2. The fourth-order valence-corrected chi connectivity index (χ4v) is 5.62. The molecule has 2 aromatic rings. The lowest BCUT2D eigenvalue weighted by Crippen LogP contribution is -2.18. The predicted octanol–water partition coefficient (Wildman–Crippen LogP) is 5.29. The van der Waals surface area contributed by atoms with Crippen LogP contribution in [0.25, 0.3) is 0 Å². The van der Waals surface area contributed by atoms with Gasteiger partial charge in [-0.05, 0) is 50.7 Å². The Morgan fingerprint density at radius 1 is 1.31 bits per heavy atom. The number of alkyl halides is 3. The van der Waals surface area contributed by atoms with Crippen molar-refractivity contribution in [3.8, 4) is 0 Å². The number of hydrogen-bond acceptors (Lipinski definition) is 7. The fourth-order valence-electron chi connectivity index (χ4n) is 3.55. The Bertz CT molecular complexity index is 1010. The molecule has 6 nitrogen and oxygen atoms in total. The summed E-state index contributed by atoms with van der Waals surface area (Å²) in [5.41, 5.74) is 0.439. The summed E-state index contributed by atoms with van der Waals surface area (Å²) in [6, 6.07) is 0.857. The lowest BCUT2D eigenvalue weighted by atomic mass is 9.85. The van der Waals surface area contributed by atoms with Crippen LogP contribution in [-0.4, -0.2) is 34.2 Å². The summed E-state index contributed by atoms with van der Waals surface area (Å²) in [5.74, 6) is -0.579. The number of amides is 1. The molecule has 1 aliphatic rings. The largest absolute Gasteiger partial charge is 0.462 e. The minimum Gasteiger partial charge on any atom is -0.462 e. The lowest BCUT2D eigenvalue weighted by molar-refractivity contribution is -0.141. The van der Waals surface area contributed by atoms with Gasteiger partial charge in [-0.3, -0.25) is 4.79 Å². The molecule has 0 aromatic carbocycles. The van der Waals surface area contributed by atoms with Gasteiger partial charge in [0, 0.05) is 10.6 Å². The van der Waals surface area contributed by atoms with Gasteiger partial charge in [-0.25, -0.2) is 14.8 Å². The van der Waals surface area contributed by atoms with Crippen molar-refractivity contribution in [3.05, 3.63) is 33.5 Å². The second-order valence-electron chi connectivity index (χ2n) is 7.46. The van der Waals surface area contributed by atoms with Gasteiger partial charge in [0.15, 0.2) is 5.16 Å². The van der Waals surface area contributed by atoms with Gasteiger partial charge in [-0.2, -0.15) is 13.2 Å². The van der Waals surface area contributed by atoms with Crippen LogP contribution in [0, 0.1) is 12.8 Å². The van der Waals surface area contributed by atoms with E-state index in [0.29, 0.717) is 16.5 Å². The van der Waals surface area contributed by atoms with Crippen molar-refractivity contribution in [1.29, 1.82) is 0 Å². The molecule has 11 heteroatoms. The molecule has 0 saturated heterocycles. The van der Waals surface area contributed by atoms with Crippen LogP contribution in [0.3, 0.4) is 0 Å². The Labute approximate surface area is 192 Å². The van der Waals surface area contributed by atoms with Crippen molar-refractivity contribution in [2.24, 2.45) is 5.92 Å². The van der Waals surface area contributed by atoms with Gasteiger partial charge in [-0.1, -0.05) is 25.1 Å². The van der Waals surface area contributed by atoms with E-state index in [9.17, 15) is 22.8 Å². The molecule has 2 heterocycles. The van der Waals surface area contributed by atoms with Gasteiger partial charge < -0.3 is 10.1 Å². The molecular weight excluding hydrogens is 463 g/mol. The zero-order chi connectivity index (χ0) is 23.5. The molecule has 0 saturated carbocycles. The molecule has 1 amide bonds. The molecule has 32 heavy (non-hydrogen) atoms. The van der Waals surface area contributed by atoms with Gasteiger partial charge in [0.2, 0.25) is 5.91 Å². The smallest absolute Gasteiger partial charge is 0.433 e. The second-order valence-corrected chi connectivity index (χ2v) is 9.50. The molecular formula is C21H24F3N3O3S2. The number of aryl methyl sites for hydroxylation is 1. The highest BCUT2D eigenvalue weighted by atomic mass is 32.2. The van der Waals surface area contributed by atoms with Crippen molar-refractivity contribution < 1.29 is 27.5 Å². The summed E-state index contributed by atoms with van der Waals surface area (Å²) < 4.78 is 44.1. The number of ether oxygens (including phenoxy) is 1. The fraction of sp³-hybridized carbons (Fsp3) is 0.524. The van der Waals surface area contributed by atoms with E-state index in [1.54, 1.807) is 6.92 Å². The summed E-state index contributed by atoms with van der Waals surface area (Å²) >= 11 is 2.18. The molecule has 0 aliphatic heterocycles. The molecule has 174 valence electrons. The maximum Gasteiger partial charge on any atom is 0.433 e. The van der Waals surface area contributed by atoms with Gasteiger partial charge in [0.1, 0.15) is 10.7 Å². The SMILES string of the molecule is CCOC(=O)c1c(NC(=O)CSc2nc(C)cc(C(F)(F)F)n2)sc2c1CC[C@H](CC)C2. The van der Waals surface area contributed by atoms with E-state index >= 15 is 0 Å². The van der Waals surface area contributed by atoms with Crippen LogP contribution in [0.15, 0.2) is 11.2 Å². The normalized spacial score (nSPS) is 15.9. The first-order chi connectivity index (χ1) is 15.1. The number of thioether (sulfide) groups is 1. The second kappa shape index (κ2) is 10.2. The van der Waals surface area contributed by atoms with Crippen molar-refractivity contribution in [3.63, 3.8) is 0 Å². The van der Waals surface area contributed by atoms with Crippen molar-refractivity contribution in [2.75, 3.05) is 17.7 Å². The molecule has 3 rings (SSSR count). The lowest BCUT2D eigenvalue weighted by Gasteiger charge is -2.20. The number of anilines is 1. The van der Waals surface area contributed by atoms with Crippen molar-refractivity contribution in [2.45, 2.75) is 57.8 Å². The number of aromatic nitrogens is 2. The van der Waals surface area contributed by atoms with Crippen LogP contribution in [0.2, 0.25) is 0 Å². The van der Waals surface area contributed by atoms with Crippen LogP contribution in [0.5, 0.6) is 0 Å². The highest BCUT2D eigenvalue weighted by Gasteiger charge is 2.33. The molecule has 1 N–H and O–H groups in total. The number of halogens is 3. The minimum absolute atomic E-state index is 0.130. The van der Waals surface area contributed by atoms with Crippen LogP contribution in [-0.2, 0) is 28.5 Å². The number of rotatable bonds is 7. The first kappa shape index (κ1) is 24.5. The molecule has 0 radical (unpaired) electrons. The van der Waals surface area contributed by atoms with E-state index in [4.69, 9.17) is 4.74 Å². The molecule has 1 aliphatic carbocycles. The maximum absolute atomic E-state index is 13.0. The third kappa shape index (κ3) is 5.80. The first-order valence-electron chi connectivity index (χ1n) is 10.3. The number of fused-ring (bicyclic) bond motifs is 1. The van der Waals surface area contributed by atoms with E-state index in [1.807, 2.05) is 0 Å². The van der Waals surface area contributed by atoms with Crippen LogP contribution >= 0.6 is 23.1 Å². The highest BCUT2D eigenvalue weighted by molar-refractivity contribution is 7.99. The Morgan fingerprint density at radius 2 is 2.06 bits per heavy atom. The van der Waals surface area contributed by atoms with Gasteiger partial charge in [0.25, 0.3) is 0 Å². The third-order valence-corrected chi connectivity index (χ3v) is 7.15. The first-order valence-corrected chi connectivity index (χ1v) is 12.1. The number of nitrogens with one attached hydrogen (secondary N) is 1. The zero-order valence-electron chi connectivity index (χ0n) is 18.0. The Hall–Kier alpha value is -2.14. The van der Waals surface area contributed by atoms with Gasteiger partial charge >= 0.3 is 12.1 Å². The Balaban J connectivity index is 1.76. The molecule has 0 spiro atoms. The molecule has 1 atom stereocenters. The van der Waals surface area contributed by atoms with Gasteiger partial charge in [-0.15, -0.1) is 11.3 Å². The topological polar surface area (TPSA) is 81.2 Å².